The molecular formula is C25H52O2Si. The molecule has 0 N–H and O–H groups in total. The second kappa shape index (κ2) is 24.7. The smallest absolute Gasteiger partial charge is 0.305 e. The maximum absolute atomic E-state index is 11.7. The Labute approximate surface area is 179 Å². The van der Waals surface area contributed by atoms with E-state index in [1.165, 1.54) is 109 Å². The van der Waals surface area contributed by atoms with E-state index in [1.807, 2.05) is 0 Å². The summed E-state index contributed by atoms with van der Waals surface area (Å²) in [5.74, 6) is 0.0233. The van der Waals surface area contributed by atoms with Gasteiger partial charge in [-0.25, -0.2) is 0 Å². The fourth-order valence-corrected chi connectivity index (χ4v) is 4.99. The van der Waals surface area contributed by atoms with E-state index < -0.39 is 0 Å². The molecule has 28 heavy (non-hydrogen) atoms. The van der Waals surface area contributed by atoms with Gasteiger partial charge < -0.3 is 4.74 Å². The van der Waals surface area contributed by atoms with Crippen molar-refractivity contribution in [1.82, 2.24) is 0 Å². The number of esters is 1. The molecule has 0 spiro atoms. The van der Waals surface area contributed by atoms with Crippen LogP contribution in [0.25, 0.3) is 0 Å². The molecule has 0 radical (unpaired) electrons. The molecule has 3 heteroatoms. The Morgan fingerprint density at radius 1 is 0.607 bits per heavy atom. The van der Waals surface area contributed by atoms with Crippen LogP contribution in [-0.4, -0.2) is 22.1 Å². The molecule has 0 aromatic heterocycles. The standard InChI is InChI=1S/C25H52O2Si/c1-3-5-6-7-8-11-14-17-20-23-27-25(26)22-19-16-13-10-9-12-15-18-21-24-28-4-2/h3-24,28H2,1-2H3. The molecule has 0 aromatic carbocycles. The Hall–Kier alpha value is -0.313. The van der Waals surface area contributed by atoms with E-state index >= 15 is 0 Å². The summed E-state index contributed by atoms with van der Waals surface area (Å²) in [5, 5.41) is 0. The molecule has 0 heterocycles. The number of hydrogen-bond acceptors (Lipinski definition) is 2. The third-order valence-corrected chi connectivity index (χ3v) is 7.45. The second-order valence-corrected chi connectivity index (χ2v) is 11.1. The van der Waals surface area contributed by atoms with E-state index in [4.69, 9.17) is 4.74 Å². The lowest BCUT2D eigenvalue weighted by molar-refractivity contribution is -0.143. The summed E-state index contributed by atoms with van der Waals surface area (Å²) >= 11 is 0. The topological polar surface area (TPSA) is 26.3 Å². The van der Waals surface area contributed by atoms with Gasteiger partial charge in [0.2, 0.25) is 0 Å². The van der Waals surface area contributed by atoms with Gasteiger partial charge in [-0.05, 0) is 12.8 Å². The number of rotatable bonds is 23. The molecule has 168 valence electrons. The van der Waals surface area contributed by atoms with E-state index in [2.05, 4.69) is 13.8 Å². The van der Waals surface area contributed by atoms with Crippen LogP contribution in [0, 0.1) is 0 Å². The zero-order valence-corrected chi connectivity index (χ0v) is 21.0. The Kier molecular flexibility index (Phi) is 24.4. The van der Waals surface area contributed by atoms with Crippen molar-refractivity contribution in [2.75, 3.05) is 6.61 Å². The Bertz CT molecular complexity index is 307. The van der Waals surface area contributed by atoms with Gasteiger partial charge in [0, 0.05) is 15.9 Å². The van der Waals surface area contributed by atoms with Gasteiger partial charge in [0.15, 0.2) is 0 Å². The molecule has 0 saturated heterocycles. The van der Waals surface area contributed by atoms with E-state index in [-0.39, 0.29) is 5.97 Å². The van der Waals surface area contributed by atoms with Gasteiger partial charge in [0.1, 0.15) is 0 Å². The molecule has 0 atom stereocenters. The van der Waals surface area contributed by atoms with Gasteiger partial charge in [-0.15, -0.1) is 0 Å². The van der Waals surface area contributed by atoms with E-state index in [0.29, 0.717) is 22.5 Å². The van der Waals surface area contributed by atoms with Crippen molar-refractivity contribution >= 4 is 15.5 Å². The number of carbonyl (C=O) groups excluding carboxylic acids is 1. The number of ether oxygens (including phenoxy) is 1. The first-order valence-electron chi connectivity index (χ1n) is 13.0. The summed E-state index contributed by atoms with van der Waals surface area (Å²) in [5.41, 5.74) is 0. The summed E-state index contributed by atoms with van der Waals surface area (Å²) < 4.78 is 5.37. The minimum absolute atomic E-state index is 0.0233. The van der Waals surface area contributed by atoms with Crippen LogP contribution in [0.3, 0.4) is 0 Å². The molecule has 0 saturated carbocycles. The summed E-state index contributed by atoms with van der Waals surface area (Å²) in [6.45, 7) is 5.24. The lowest BCUT2D eigenvalue weighted by Gasteiger charge is -2.05. The van der Waals surface area contributed by atoms with E-state index in [1.54, 1.807) is 6.04 Å². The van der Waals surface area contributed by atoms with Crippen molar-refractivity contribution < 1.29 is 9.53 Å². The fourth-order valence-electron chi connectivity index (χ4n) is 3.78. The highest BCUT2D eigenvalue weighted by Crippen LogP contribution is 2.12. The maximum Gasteiger partial charge on any atom is 0.305 e. The summed E-state index contributed by atoms with van der Waals surface area (Å²) in [6, 6.07) is 3.04. The Morgan fingerprint density at radius 3 is 1.61 bits per heavy atom. The first-order chi connectivity index (χ1) is 13.8. The zero-order chi connectivity index (χ0) is 20.5. The van der Waals surface area contributed by atoms with Crippen LogP contribution >= 0.6 is 0 Å². The molecular weight excluding hydrogens is 360 g/mol. The SMILES string of the molecule is CCCCCCCCCCCOC(=O)CCCCCCCCCCC[SiH2]CC. The molecule has 0 aromatic rings. The molecule has 0 aliphatic rings. The van der Waals surface area contributed by atoms with Gasteiger partial charge >= 0.3 is 5.97 Å². The average Bonchev–Trinajstić information content (AvgIpc) is 2.70. The fraction of sp³-hybridized carbons (Fsp3) is 0.960. The highest BCUT2D eigenvalue weighted by Gasteiger charge is 2.02. The van der Waals surface area contributed by atoms with Crippen LogP contribution in [0.5, 0.6) is 0 Å². The van der Waals surface area contributed by atoms with Crippen LogP contribution in [0.1, 0.15) is 136 Å². The summed E-state index contributed by atoms with van der Waals surface area (Å²) in [7, 11) is 0.309. The van der Waals surface area contributed by atoms with Crippen molar-refractivity contribution in [2.45, 2.75) is 148 Å². The highest BCUT2D eigenvalue weighted by atomic mass is 28.2. The van der Waals surface area contributed by atoms with Gasteiger partial charge in [-0.2, -0.15) is 0 Å². The van der Waals surface area contributed by atoms with Gasteiger partial charge in [-0.1, -0.05) is 129 Å². The first kappa shape index (κ1) is 27.7. The van der Waals surface area contributed by atoms with Crippen LogP contribution in [0.4, 0.5) is 0 Å². The molecule has 0 aliphatic carbocycles. The summed E-state index contributed by atoms with van der Waals surface area (Å²) in [4.78, 5) is 11.7. The maximum atomic E-state index is 11.7. The van der Waals surface area contributed by atoms with Crippen LogP contribution in [0.2, 0.25) is 12.1 Å². The van der Waals surface area contributed by atoms with E-state index in [0.717, 1.165) is 12.8 Å². The zero-order valence-electron chi connectivity index (χ0n) is 19.6. The molecule has 0 amide bonds. The van der Waals surface area contributed by atoms with Gasteiger partial charge in [0.05, 0.1) is 6.61 Å². The molecule has 0 aliphatic heterocycles. The average molecular weight is 413 g/mol. The predicted molar refractivity (Wildman–Crippen MR) is 128 cm³/mol. The van der Waals surface area contributed by atoms with Crippen LogP contribution in [-0.2, 0) is 9.53 Å². The van der Waals surface area contributed by atoms with E-state index in [9.17, 15) is 4.79 Å². The minimum atomic E-state index is 0.0233. The number of carbonyl (C=O) groups is 1. The Morgan fingerprint density at radius 2 is 1.07 bits per heavy atom. The van der Waals surface area contributed by atoms with Crippen LogP contribution < -0.4 is 0 Å². The lowest BCUT2D eigenvalue weighted by Crippen LogP contribution is -2.05. The number of hydrogen-bond donors (Lipinski definition) is 0. The quantitative estimate of drug-likeness (QED) is 0.0965. The normalized spacial score (nSPS) is 11.5. The monoisotopic (exact) mass is 412 g/mol. The Balaban J connectivity index is 3.13. The lowest BCUT2D eigenvalue weighted by atomic mass is 10.1. The first-order valence-corrected chi connectivity index (χ1v) is 15.0. The van der Waals surface area contributed by atoms with Crippen molar-refractivity contribution in [2.24, 2.45) is 0 Å². The molecule has 0 rings (SSSR count). The predicted octanol–water partition coefficient (Wildman–Crippen LogP) is 7.99. The molecule has 0 bridgehead atoms. The molecule has 2 nitrogen and oxygen atoms in total. The largest absolute Gasteiger partial charge is 0.466 e. The highest BCUT2D eigenvalue weighted by molar-refractivity contribution is 6.35. The third kappa shape index (κ3) is 23.7. The third-order valence-electron chi connectivity index (χ3n) is 5.75. The molecule has 0 unspecified atom stereocenters. The second-order valence-electron chi connectivity index (χ2n) is 8.69. The van der Waals surface area contributed by atoms with Gasteiger partial charge in [0.25, 0.3) is 0 Å². The van der Waals surface area contributed by atoms with Gasteiger partial charge in [-0.3, -0.25) is 4.79 Å². The van der Waals surface area contributed by atoms with Crippen LogP contribution in [0.15, 0.2) is 0 Å². The minimum Gasteiger partial charge on any atom is -0.466 e. The van der Waals surface area contributed by atoms with Crippen molar-refractivity contribution in [1.29, 1.82) is 0 Å². The number of unbranched alkanes of at least 4 members (excludes halogenated alkanes) is 16. The van der Waals surface area contributed by atoms with Crippen molar-refractivity contribution in [3.8, 4) is 0 Å². The van der Waals surface area contributed by atoms with Crippen molar-refractivity contribution in [3.05, 3.63) is 0 Å². The van der Waals surface area contributed by atoms with Crippen molar-refractivity contribution in [3.63, 3.8) is 0 Å². The summed E-state index contributed by atoms with van der Waals surface area (Å²) in [6.07, 6.45) is 24.4. The molecule has 0 fully saturated rings.